The predicted octanol–water partition coefficient (Wildman–Crippen LogP) is 3.18. The number of nitrogens with zero attached hydrogens (tertiary/aromatic N) is 3. The largest absolute Gasteiger partial charge is 0.355 e. The summed E-state index contributed by atoms with van der Waals surface area (Å²) in [6, 6.07) is 14.3. The van der Waals surface area contributed by atoms with Crippen LogP contribution in [-0.4, -0.2) is 48.5 Å². The number of carbonyl (C=O) groups is 1. The van der Waals surface area contributed by atoms with Crippen molar-refractivity contribution in [2.75, 3.05) is 31.6 Å². The van der Waals surface area contributed by atoms with Crippen molar-refractivity contribution >= 4 is 11.7 Å². The van der Waals surface area contributed by atoms with Crippen LogP contribution in [0.25, 0.3) is 0 Å². The Hall–Kier alpha value is -2.40. The normalized spacial score (nSPS) is 17.3. The Morgan fingerprint density at radius 2 is 2.04 bits per heavy atom. The zero-order valence-corrected chi connectivity index (χ0v) is 16.6. The number of benzene rings is 1. The third-order valence-electron chi connectivity index (χ3n) is 4.89. The van der Waals surface area contributed by atoms with Gasteiger partial charge in [-0.3, -0.25) is 4.79 Å². The summed E-state index contributed by atoms with van der Waals surface area (Å²) in [6.07, 6.45) is 2.69. The first-order valence-electron chi connectivity index (χ1n) is 9.75. The number of carbonyl (C=O) groups excluding carboxylic acids is 1. The Bertz CT molecular complexity index is 730. The van der Waals surface area contributed by atoms with Gasteiger partial charge >= 0.3 is 0 Å². The van der Waals surface area contributed by atoms with Crippen molar-refractivity contribution < 1.29 is 4.79 Å². The minimum atomic E-state index is -0.0313. The van der Waals surface area contributed by atoms with Crippen LogP contribution in [0.15, 0.2) is 48.7 Å². The van der Waals surface area contributed by atoms with Gasteiger partial charge in [-0.15, -0.1) is 0 Å². The Morgan fingerprint density at radius 1 is 1.26 bits per heavy atom. The second-order valence-corrected chi connectivity index (χ2v) is 7.86. The lowest BCUT2D eigenvalue weighted by atomic mass is 10.2. The molecule has 0 spiro atoms. The van der Waals surface area contributed by atoms with E-state index < -0.39 is 0 Å². The van der Waals surface area contributed by atoms with Crippen LogP contribution in [0.4, 0.5) is 5.82 Å². The molecule has 1 aromatic heterocycles. The van der Waals surface area contributed by atoms with Gasteiger partial charge in [0.15, 0.2) is 0 Å². The van der Waals surface area contributed by atoms with Crippen LogP contribution >= 0.6 is 0 Å². The van der Waals surface area contributed by atoms with Gasteiger partial charge in [-0.2, -0.15) is 0 Å². The van der Waals surface area contributed by atoms with Gasteiger partial charge in [-0.25, -0.2) is 4.98 Å². The lowest BCUT2D eigenvalue weighted by molar-refractivity contribution is 0.0937. The fourth-order valence-corrected chi connectivity index (χ4v) is 3.59. The van der Waals surface area contributed by atoms with E-state index in [-0.39, 0.29) is 11.9 Å². The molecule has 144 valence electrons. The molecule has 0 aliphatic carbocycles. The molecular formula is C22H30N4O. The number of anilines is 1. The van der Waals surface area contributed by atoms with E-state index in [2.05, 4.69) is 46.1 Å². The van der Waals surface area contributed by atoms with E-state index in [9.17, 15) is 4.79 Å². The second-order valence-electron chi connectivity index (χ2n) is 7.86. The van der Waals surface area contributed by atoms with Gasteiger partial charge in [0, 0.05) is 45.5 Å². The molecule has 1 N–H and O–H groups in total. The van der Waals surface area contributed by atoms with Crippen molar-refractivity contribution in [2.24, 2.45) is 5.92 Å². The summed E-state index contributed by atoms with van der Waals surface area (Å²) in [4.78, 5) is 21.5. The second kappa shape index (κ2) is 9.00. The quantitative estimate of drug-likeness (QED) is 0.818. The van der Waals surface area contributed by atoms with Gasteiger partial charge in [0.1, 0.15) is 5.82 Å². The maximum Gasteiger partial charge on any atom is 0.253 e. The minimum absolute atomic E-state index is 0.0313. The Balaban J connectivity index is 1.53. The molecule has 3 rings (SSSR count). The molecular weight excluding hydrogens is 336 g/mol. The van der Waals surface area contributed by atoms with Crippen molar-refractivity contribution in [3.63, 3.8) is 0 Å². The first kappa shape index (κ1) is 19.4. The summed E-state index contributed by atoms with van der Waals surface area (Å²) in [7, 11) is 2.01. The SMILES string of the molecule is CC(C)CN1CCC(NC(=O)c2ccc(N(C)Cc3ccccc3)nc2)C1. The Morgan fingerprint density at radius 3 is 2.70 bits per heavy atom. The molecule has 5 nitrogen and oxygen atoms in total. The summed E-state index contributed by atoms with van der Waals surface area (Å²) in [5, 5.41) is 3.15. The average Bonchev–Trinajstić information content (AvgIpc) is 3.08. The van der Waals surface area contributed by atoms with E-state index in [1.807, 2.05) is 37.4 Å². The summed E-state index contributed by atoms with van der Waals surface area (Å²) >= 11 is 0. The highest BCUT2D eigenvalue weighted by molar-refractivity contribution is 5.94. The summed E-state index contributed by atoms with van der Waals surface area (Å²) in [6.45, 7) is 8.34. The molecule has 1 aromatic carbocycles. The topological polar surface area (TPSA) is 48.5 Å². The van der Waals surface area contributed by atoms with E-state index in [4.69, 9.17) is 0 Å². The molecule has 1 fully saturated rings. The number of nitrogens with one attached hydrogen (secondary N) is 1. The fourth-order valence-electron chi connectivity index (χ4n) is 3.59. The van der Waals surface area contributed by atoms with Crippen LogP contribution in [0.5, 0.6) is 0 Å². The molecule has 0 bridgehead atoms. The molecule has 1 aliphatic rings. The highest BCUT2D eigenvalue weighted by Gasteiger charge is 2.24. The standard InChI is InChI=1S/C22H30N4O/c1-17(2)14-26-12-11-20(16-26)24-22(27)19-9-10-21(23-13-19)25(3)15-18-7-5-4-6-8-18/h4-10,13,17,20H,11-12,14-16H2,1-3H3,(H,24,27). The monoisotopic (exact) mass is 366 g/mol. The Kier molecular flexibility index (Phi) is 6.45. The van der Waals surface area contributed by atoms with Crippen molar-refractivity contribution in [3.8, 4) is 0 Å². The fraction of sp³-hybridized carbons (Fsp3) is 0.455. The number of pyridine rings is 1. The van der Waals surface area contributed by atoms with E-state index in [1.165, 1.54) is 5.56 Å². The molecule has 1 atom stereocenters. The lowest BCUT2D eigenvalue weighted by Gasteiger charge is -2.19. The van der Waals surface area contributed by atoms with E-state index in [0.717, 1.165) is 38.4 Å². The van der Waals surface area contributed by atoms with Crippen molar-refractivity contribution in [1.82, 2.24) is 15.2 Å². The van der Waals surface area contributed by atoms with Gasteiger partial charge in [0.05, 0.1) is 5.56 Å². The molecule has 0 radical (unpaired) electrons. The highest BCUT2D eigenvalue weighted by Crippen LogP contribution is 2.15. The number of likely N-dealkylation sites (tertiary alicyclic amines) is 1. The van der Waals surface area contributed by atoms with Crippen molar-refractivity contribution in [1.29, 1.82) is 0 Å². The average molecular weight is 367 g/mol. The van der Waals surface area contributed by atoms with Crippen LogP contribution < -0.4 is 10.2 Å². The molecule has 1 saturated heterocycles. The molecule has 2 heterocycles. The molecule has 27 heavy (non-hydrogen) atoms. The van der Waals surface area contributed by atoms with Gasteiger partial charge in [-0.1, -0.05) is 44.2 Å². The van der Waals surface area contributed by atoms with Gasteiger partial charge in [0.2, 0.25) is 0 Å². The van der Waals surface area contributed by atoms with Gasteiger partial charge in [0.25, 0.3) is 5.91 Å². The highest BCUT2D eigenvalue weighted by atomic mass is 16.1. The zero-order chi connectivity index (χ0) is 19.2. The van der Waals surface area contributed by atoms with Crippen LogP contribution in [0.1, 0.15) is 36.2 Å². The summed E-state index contributed by atoms with van der Waals surface area (Å²) in [5.41, 5.74) is 1.85. The molecule has 1 aliphatic heterocycles. The number of rotatable bonds is 7. The first-order chi connectivity index (χ1) is 13.0. The van der Waals surface area contributed by atoms with Crippen LogP contribution in [0, 0.1) is 5.92 Å². The van der Waals surface area contributed by atoms with E-state index in [0.29, 0.717) is 11.5 Å². The number of amides is 1. The summed E-state index contributed by atoms with van der Waals surface area (Å²) in [5.74, 6) is 1.49. The Labute approximate surface area is 162 Å². The number of aromatic nitrogens is 1. The zero-order valence-electron chi connectivity index (χ0n) is 16.6. The van der Waals surface area contributed by atoms with E-state index >= 15 is 0 Å². The molecule has 1 amide bonds. The van der Waals surface area contributed by atoms with Crippen molar-refractivity contribution in [3.05, 3.63) is 59.8 Å². The van der Waals surface area contributed by atoms with Crippen LogP contribution in [0.3, 0.4) is 0 Å². The molecule has 1 unspecified atom stereocenters. The summed E-state index contributed by atoms with van der Waals surface area (Å²) < 4.78 is 0. The smallest absolute Gasteiger partial charge is 0.253 e. The maximum atomic E-state index is 12.5. The number of hydrogen-bond acceptors (Lipinski definition) is 4. The van der Waals surface area contributed by atoms with Crippen molar-refractivity contribution in [2.45, 2.75) is 32.9 Å². The number of hydrogen-bond donors (Lipinski definition) is 1. The molecule has 0 saturated carbocycles. The maximum absolute atomic E-state index is 12.5. The van der Waals surface area contributed by atoms with Gasteiger partial charge < -0.3 is 15.1 Å². The first-order valence-corrected chi connectivity index (χ1v) is 9.75. The van der Waals surface area contributed by atoms with Crippen LogP contribution in [0.2, 0.25) is 0 Å². The van der Waals surface area contributed by atoms with Gasteiger partial charge in [-0.05, 0) is 30.0 Å². The lowest BCUT2D eigenvalue weighted by Crippen LogP contribution is -2.37. The van der Waals surface area contributed by atoms with Crippen LogP contribution in [-0.2, 0) is 6.54 Å². The predicted molar refractivity (Wildman–Crippen MR) is 110 cm³/mol. The minimum Gasteiger partial charge on any atom is -0.355 e. The van der Waals surface area contributed by atoms with E-state index in [1.54, 1.807) is 6.20 Å². The molecule has 5 heteroatoms. The third-order valence-corrected chi connectivity index (χ3v) is 4.89. The molecule has 2 aromatic rings. The third kappa shape index (κ3) is 5.54.